The largest absolute Gasteiger partial charge is 0.489 e. The number of rotatable bonds is 6. The van der Waals surface area contributed by atoms with Crippen molar-refractivity contribution in [1.29, 1.82) is 0 Å². The maximum absolute atomic E-state index is 12.5. The van der Waals surface area contributed by atoms with Gasteiger partial charge in [0.15, 0.2) is 0 Å². The number of carbonyl (C=O) groups excluding carboxylic acids is 1. The van der Waals surface area contributed by atoms with Crippen molar-refractivity contribution in [3.05, 3.63) is 47.8 Å². The molecule has 1 aromatic carbocycles. The van der Waals surface area contributed by atoms with Crippen LogP contribution >= 0.6 is 0 Å². The molecule has 0 aliphatic carbocycles. The summed E-state index contributed by atoms with van der Waals surface area (Å²) in [6, 6.07) is 6.07. The van der Waals surface area contributed by atoms with E-state index in [0.29, 0.717) is 5.75 Å². The van der Waals surface area contributed by atoms with E-state index >= 15 is 0 Å². The van der Waals surface area contributed by atoms with E-state index in [0.717, 1.165) is 5.56 Å². The Labute approximate surface area is 140 Å². The fraction of sp³-hybridized carbons (Fsp3) is 0.250. The first-order valence-corrected chi connectivity index (χ1v) is 8.72. The summed E-state index contributed by atoms with van der Waals surface area (Å²) >= 11 is 0. The fourth-order valence-electron chi connectivity index (χ4n) is 2.04. The lowest BCUT2D eigenvalue weighted by atomic mass is 10.1. The van der Waals surface area contributed by atoms with Gasteiger partial charge in [0.1, 0.15) is 10.6 Å². The Bertz CT molecular complexity index is 863. The van der Waals surface area contributed by atoms with E-state index < -0.39 is 15.9 Å². The third-order valence-corrected chi connectivity index (χ3v) is 4.39. The number of nitrogens with two attached hydrogens (primary N) is 1. The molecule has 0 radical (unpaired) electrons. The quantitative estimate of drug-likeness (QED) is 0.829. The van der Waals surface area contributed by atoms with Gasteiger partial charge in [0.05, 0.1) is 23.6 Å². The second-order valence-electron chi connectivity index (χ2n) is 5.54. The molecule has 7 nitrogen and oxygen atoms in total. The van der Waals surface area contributed by atoms with Crippen LogP contribution in [0.25, 0.3) is 0 Å². The molecule has 2 rings (SSSR count). The van der Waals surface area contributed by atoms with E-state index in [4.69, 9.17) is 10.5 Å². The number of nitrogens with zero attached hydrogens (tertiary/aromatic N) is 1. The lowest BCUT2D eigenvalue weighted by Gasteiger charge is -2.13. The van der Waals surface area contributed by atoms with Crippen molar-refractivity contribution in [2.24, 2.45) is 5.73 Å². The summed E-state index contributed by atoms with van der Waals surface area (Å²) < 4.78 is 32.9. The van der Waals surface area contributed by atoms with Crippen LogP contribution in [0.2, 0.25) is 0 Å². The van der Waals surface area contributed by atoms with Crippen LogP contribution in [0.5, 0.6) is 5.75 Å². The third kappa shape index (κ3) is 4.23. The molecule has 1 aromatic heterocycles. The van der Waals surface area contributed by atoms with E-state index in [1.807, 2.05) is 13.8 Å². The molecule has 0 spiro atoms. The molecule has 3 N–H and O–H groups in total. The molecule has 1 amide bonds. The first-order chi connectivity index (χ1) is 11.2. The summed E-state index contributed by atoms with van der Waals surface area (Å²) in [5, 5.41) is 0. The van der Waals surface area contributed by atoms with E-state index in [1.165, 1.54) is 30.6 Å². The van der Waals surface area contributed by atoms with Gasteiger partial charge >= 0.3 is 0 Å². The summed E-state index contributed by atoms with van der Waals surface area (Å²) in [7, 11) is -3.94. The highest BCUT2D eigenvalue weighted by atomic mass is 32.2. The monoisotopic (exact) mass is 349 g/mol. The zero-order valence-corrected chi connectivity index (χ0v) is 14.4. The molecule has 0 aliphatic heterocycles. The van der Waals surface area contributed by atoms with E-state index in [1.54, 1.807) is 13.0 Å². The highest BCUT2D eigenvalue weighted by molar-refractivity contribution is 7.92. The number of primary amides is 1. The Morgan fingerprint density at radius 3 is 2.58 bits per heavy atom. The zero-order chi connectivity index (χ0) is 17.9. The van der Waals surface area contributed by atoms with Gasteiger partial charge in [-0.05, 0) is 32.9 Å². The molecular formula is C16H19N3O4S. The predicted molar refractivity (Wildman–Crippen MR) is 90.5 cm³/mol. The van der Waals surface area contributed by atoms with Crippen LogP contribution in [-0.4, -0.2) is 25.4 Å². The number of aryl methyl sites for hydroxylation is 1. The summed E-state index contributed by atoms with van der Waals surface area (Å²) in [5.74, 6) is -0.377. The Hall–Kier alpha value is -2.61. The van der Waals surface area contributed by atoms with Crippen molar-refractivity contribution in [1.82, 2.24) is 4.98 Å². The lowest BCUT2D eigenvalue weighted by molar-refractivity contribution is 0.100. The third-order valence-electron chi connectivity index (χ3n) is 3.06. The van der Waals surface area contributed by atoms with Crippen LogP contribution in [-0.2, 0) is 10.0 Å². The molecule has 128 valence electrons. The molecule has 8 heteroatoms. The second kappa shape index (κ2) is 6.88. The molecule has 0 saturated heterocycles. The Morgan fingerprint density at radius 1 is 1.25 bits per heavy atom. The van der Waals surface area contributed by atoms with Gasteiger partial charge in [0.2, 0.25) is 0 Å². The summed E-state index contributed by atoms with van der Waals surface area (Å²) in [4.78, 5) is 15.3. The number of hydrogen-bond donors (Lipinski definition) is 2. The molecule has 0 saturated carbocycles. The molecular weight excluding hydrogens is 330 g/mol. The Balaban J connectivity index is 2.37. The van der Waals surface area contributed by atoms with Crippen molar-refractivity contribution in [2.45, 2.75) is 31.8 Å². The van der Waals surface area contributed by atoms with Crippen LogP contribution in [0.3, 0.4) is 0 Å². The number of amides is 1. The number of benzene rings is 1. The van der Waals surface area contributed by atoms with Crippen LogP contribution in [0, 0.1) is 6.92 Å². The number of carbonyl (C=O) groups is 1. The van der Waals surface area contributed by atoms with Gasteiger partial charge in [-0.15, -0.1) is 0 Å². The van der Waals surface area contributed by atoms with Gasteiger partial charge in [-0.25, -0.2) is 8.42 Å². The molecule has 24 heavy (non-hydrogen) atoms. The van der Waals surface area contributed by atoms with Crippen molar-refractivity contribution < 1.29 is 17.9 Å². The average molecular weight is 349 g/mol. The number of sulfonamides is 1. The minimum Gasteiger partial charge on any atom is -0.489 e. The van der Waals surface area contributed by atoms with Crippen LogP contribution in [0.4, 0.5) is 5.69 Å². The molecule has 0 aliphatic rings. The first-order valence-electron chi connectivity index (χ1n) is 7.24. The maximum Gasteiger partial charge on any atom is 0.263 e. The Kier molecular flexibility index (Phi) is 5.08. The molecule has 2 aromatic rings. The molecule has 1 heterocycles. The highest BCUT2D eigenvalue weighted by Crippen LogP contribution is 2.23. The maximum atomic E-state index is 12.5. The molecule has 0 atom stereocenters. The summed E-state index contributed by atoms with van der Waals surface area (Å²) in [6.45, 7) is 5.43. The first kappa shape index (κ1) is 17.7. The zero-order valence-electron chi connectivity index (χ0n) is 13.6. The number of hydrogen-bond acceptors (Lipinski definition) is 5. The van der Waals surface area contributed by atoms with Gasteiger partial charge < -0.3 is 10.5 Å². The summed E-state index contributed by atoms with van der Waals surface area (Å²) in [5.41, 5.74) is 6.32. The lowest BCUT2D eigenvalue weighted by Crippen LogP contribution is -2.19. The average Bonchev–Trinajstić information content (AvgIpc) is 2.48. The van der Waals surface area contributed by atoms with Crippen molar-refractivity contribution in [3.63, 3.8) is 0 Å². The van der Waals surface area contributed by atoms with E-state index in [-0.39, 0.29) is 22.3 Å². The topological polar surface area (TPSA) is 111 Å². The minimum absolute atomic E-state index is 0.0726. The number of pyridine rings is 1. The fourth-order valence-corrected chi connectivity index (χ4v) is 3.09. The van der Waals surface area contributed by atoms with Crippen molar-refractivity contribution in [2.75, 3.05) is 4.72 Å². The highest BCUT2D eigenvalue weighted by Gasteiger charge is 2.19. The molecule has 0 bridgehead atoms. The van der Waals surface area contributed by atoms with E-state index in [2.05, 4.69) is 9.71 Å². The smallest absolute Gasteiger partial charge is 0.263 e. The van der Waals surface area contributed by atoms with Gasteiger partial charge in [-0.2, -0.15) is 0 Å². The molecule has 0 unspecified atom stereocenters. The normalized spacial score (nSPS) is 11.3. The standard InChI is InChI=1S/C16H19N3O4S/c1-10(2)23-12-7-13(9-18-8-12)24(21,22)19-15-5-4-11(3)6-14(15)16(17)20/h4-10,19H,1-3H3,(H2,17,20). The van der Waals surface area contributed by atoms with Crippen molar-refractivity contribution in [3.8, 4) is 5.75 Å². The van der Waals surface area contributed by atoms with E-state index in [9.17, 15) is 13.2 Å². The minimum atomic E-state index is -3.94. The van der Waals surface area contributed by atoms with Gasteiger partial charge in [-0.3, -0.25) is 14.5 Å². The number of aromatic nitrogens is 1. The number of ether oxygens (including phenoxy) is 1. The van der Waals surface area contributed by atoms with Crippen LogP contribution in [0.15, 0.2) is 41.6 Å². The Morgan fingerprint density at radius 2 is 1.96 bits per heavy atom. The van der Waals surface area contributed by atoms with Crippen LogP contribution in [0.1, 0.15) is 29.8 Å². The number of nitrogens with one attached hydrogen (secondary N) is 1. The second-order valence-corrected chi connectivity index (χ2v) is 7.22. The van der Waals surface area contributed by atoms with Gasteiger partial charge in [-0.1, -0.05) is 11.6 Å². The molecule has 0 fully saturated rings. The van der Waals surface area contributed by atoms with Gasteiger partial charge in [0.25, 0.3) is 15.9 Å². The number of anilines is 1. The van der Waals surface area contributed by atoms with Crippen molar-refractivity contribution >= 4 is 21.6 Å². The van der Waals surface area contributed by atoms with Crippen LogP contribution < -0.4 is 15.2 Å². The predicted octanol–water partition coefficient (Wildman–Crippen LogP) is 2.08. The van der Waals surface area contributed by atoms with Gasteiger partial charge in [0, 0.05) is 12.3 Å². The SMILES string of the molecule is Cc1ccc(NS(=O)(=O)c2cncc(OC(C)C)c2)c(C(N)=O)c1. The summed E-state index contributed by atoms with van der Waals surface area (Å²) in [6.07, 6.45) is 2.52.